The molecule has 0 bridgehead atoms. The number of hydrogen-bond acceptors (Lipinski definition) is 5. The number of halogens is 2. The van der Waals surface area contributed by atoms with Crippen molar-refractivity contribution in [3.8, 4) is 0 Å². The second-order valence-electron chi connectivity index (χ2n) is 4.93. The van der Waals surface area contributed by atoms with Gasteiger partial charge in [0.05, 0.1) is 12.4 Å². The van der Waals surface area contributed by atoms with Gasteiger partial charge in [0.25, 0.3) is 0 Å². The number of nitrogens with zero attached hydrogens (tertiary/aromatic N) is 4. The van der Waals surface area contributed by atoms with Gasteiger partial charge in [-0.25, -0.2) is 19.3 Å². The first-order valence-electron chi connectivity index (χ1n) is 5.80. The molecule has 0 aliphatic heterocycles. The summed E-state index contributed by atoms with van der Waals surface area (Å²) in [7, 11) is 0. The van der Waals surface area contributed by atoms with Crippen molar-refractivity contribution in [2.75, 3.05) is 0 Å². The first-order valence-corrected chi connectivity index (χ1v) is 6.18. The summed E-state index contributed by atoms with van der Waals surface area (Å²) in [5.74, 6) is 0. The van der Waals surface area contributed by atoms with Crippen LogP contribution in [0.5, 0.6) is 0 Å². The minimum Gasteiger partial charge on any atom is -0.388 e. The SMILES string of the molecule is C[C@]1(O)[C@H](F)C[C@@H](n2cnc3c(Cl)ncnc32)[C@@H]1O. The zero-order chi connectivity index (χ0) is 13.8. The highest BCUT2D eigenvalue weighted by molar-refractivity contribution is 6.33. The van der Waals surface area contributed by atoms with Crippen molar-refractivity contribution in [2.45, 2.75) is 37.3 Å². The van der Waals surface area contributed by atoms with E-state index in [2.05, 4.69) is 15.0 Å². The smallest absolute Gasteiger partial charge is 0.165 e. The molecule has 1 fully saturated rings. The summed E-state index contributed by atoms with van der Waals surface area (Å²) in [5, 5.41) is 20.2. The molecular weight excluding hydrogens is 275 g/mol. The Kier molecular flexibility index (Phi) is 2.74. The van der Waals surface area contributed by atoms with E-state index in [4.69, 9.17) is 11.6 Å². The first-order chi connectivity index (χ1) is 8.93. The highest BCUT2D eigenvalue weighted by Gasteiger charge is 2.52. The van der Waals surface area contributed by atoms with Crippen molar-refractivity contribution in [1.29, 1.82) is 0 Å². The lowest BCUT2D eigenvalue weighted by Gasteiger charge is -2.25. The number of aliphatic hydroxyl groups is 2. The molecule has 0 spiro atoms. The van der Waals surface area contributed by atoms with Crippen LogP contribution in [0.15, 0.2) is 12.7 Å². The quantitative estimate of drug-likeness (QED) is 0.760. The summed E-state index contributed by atoms with van der Waals surface area (Å²) < 4.78 is 15.3. The van der Waals surface area contributed by atoms with Crippen molar-refractivity contribution >= 4 is 22.8 Å². The second-order valence-corrected chi connectivity index (χ2v) is 5.29. The fourth-order valence-corrected chi connectivity index (χ4v) is 2.66. The Balaban J connectivity index is 2.09. The summed E-state index contributed by atoms with van der Waals surface area (Å²) in [5.41, 5.74) is -0.981. The Morgan fingerprint density at radius 1 is 1.47 bits per heavy atom. The standard InChI is InChI=1S/C11H12ClFN4O2/c1-11(19)6(13)2-5(8(11)18)17-4-16-7-9(12)14-3-15-10(7)17/h3-6,8,18-19H,2H2,1H3/t5-,6-,8+,11+/m1/s1. The molecule has 2 N–H and O–H groups in total. The van der Waals surface area contributed by atoms with E-state index in [1.807, 2.05) is 0 Å². The third kappa shape index (κ3) is 1.73. The number of fused-ring (bicyclic) bond motifs is 1. The molecule has 0 aromatic carbocycles. The molecule has 8 heteroatoms. The Hall–Kier alpha value is -1.31. The van der Waals surface area contributed by atoms with Crippen LogP contribution in [-0.4, -0.2) is 47.6 Å². The number of alkyl halides is 1. The summed E-state index contributed by atoms with van der Waals surface area (Å²) in [6.45, 7) is 1.28. The van der Waals surface area contributed by atoms with E-state index in [1.54, 1.807) is 0 Å². The van der Waals surface area contributed by atoms with Crippen LogP contribution in [0.2, 0.25) is 5.15 Å². The summed E-state index contributed by atoms with van der Waals surface area (Å²) >= 11 is 5.89. The minimum atomic E-state index is -1.78. The van der Waals surface area contributed by atoms with Crippen LogP contribution < -0.4 is 0 Å². The molecule has 2 aromatic rings. The number of aromatic nitrogens is 4. The van der Waals surface area contributed by atoms with Gasteiger partial charge in [-0.2, -0.15) is 0 Å². The Labute approximate surface area is 112 Å². The van der Waals surface area contributed by atoms with Gasteiger partial charge in [0.15, 0.2) is 10.8 Å². The predicted octanol–water partition coefficient (Wildman–Crippen LogP) is 0.874. The topological polar surface area (TPSA) is 84.1 Å². The fourth-order valence-electron chi connectivity index (χ4n) is 2.49. The van der Waals surface area contributed by atoms with Gasteiger partial charge in [-0.05, 0) is 6.92 Å². The zero-order valence-corrected chi connectivity index (χ0v) is 10.8. The number of aliphatic hydroxyl groups excluding tert-OH is 1. The number of imidazole rings is 1. The molecule has 1 saturated carbocycles. The average molecular weight is 287 g/mol. The van der Waals surface area contributed by atoms with Crippen molar-refractivity contribution in [2.24, 2.45) is 0 Å². The van der Waals surface area contributed by atoms with E-state index in [0.717, 1.165) is 0 Å². The van der Waals surface area contributed by atoms with Crippen molar-refractivity contribution in [3.05, 3.63) is 17.8 Å². The van der Waals surface area contributed by atoms with Gasteiger partial charge in [-0.15, -0.1) is 0 Å². The number of hydrogen-bond donors (Lipinski definition) is 2. The molecule has 2 aromatic heterocycles. The summed E-state index contributed by atoms with van der Waals surface area (Å²) in [6.07, 6.45) is -0.0695. The summed E-state index contributed by atoms with van der Waals surface area (Å²) in [6, 6.07) is -0.638. The van der Waals surface area contributed by atoms with Gasteiger partial charge in [-0.1, -0.05) is 11.6 Å². The molecule has 102 valence electrons. The highest BCUT2D eigenvalue weighted by Crippen LogP contribution is 2.41. The van der Waals surface area contributed by atoms with Gasteiger partial charge >= 0.3 is 0 Å². The van der Waals surface area contributed by atoms with Crippen LogP contribution in [-0.2, 0) is 0 Å². The first kappa shape index (κ1) is 12.7. The van der Waals surface area contributed by atoms with Crippen LogP contribution in [0.3, 0.4) is 0 Å². The minimum absolute atomic E-state index is 0.0127. The van der Waals surface area contributed by atoms with Gasteiger partial charge in [0.1, 0.15) is 29.7 Å². The lowest BCUT2D eigenvalue weighted by molar-refractivity contribution is -0.0816. The largest absolute Gasteiger partial charge is 0.388 e. The van der Waals surface area contributed by atoms with Crippen molar-refractivity contribution in [3.63, 3.8) is 0 Å². The molecule has 1 aliphatic rings. The van der Waals surface area contributed by atoms with Crippen LogP contribution in [0.25, 0.3) is 11.2 Å². The Morgan fingerprint density at radius 2 is 2.21 bits per heavy atom. The van der Waals surface area contributed by atoms with E-state index in [-0.39, 0.29) is 11.6 Å². The molecule has 2 heterocycles. The van der Waals surface area contributed by atoms with Crippen LogP contribution in [0.1, 0.15) is 19.4 Å². The van der Waals surface area contributed by atoms with Gasteiger partial charge in [0, 0.05) is 6.42 Å². The molecule has 4 atom stereocenters. The molecule has 0 amide bonds. The lowest BCUT2D eigenvalue weighted by atomic mass is 10.0. The fraction of sp³-hybridized carbons (Fsp3) is 0.545. The van der Waals surface area contributed by atoms with Crippen LogP contribution >= 0.6 is 11.6 Å². The summed E-state index contributed by atoms with van der Waals surface area (Å²) in [4.78, 5) is 11.9. The predicted molar refractivity (Wildman–Crippen MR) is 65.5 cm³/mol. The van der Waals surface area contributed by atoms with Crippen molar-refractivity contribution < 1.29 is 14.6 Å². The third-order valence-electron chi connectivity index (χ3n) is 3.72. The van der Waals surface area contributed by atoms with Gasteiger partial charge in [0.2, 0.25) is 0 Å². The molecular formula is C11H12ClFN4O2. The van der Waals surface area contributed by atoms with E-state index in [9.17, 15) is 14.6 Å². The Morgan fingerprint density at radius 3 is 2.84 bits per heavy atom. The zero-order valence-electron chi connectivity index (χ0n) is 10.0. The maximum absolute atomic E-state index is 13.8. The number of rotatable bonds is 1. The van der Waals surface area contributed by atoms with Gasteiger partial charge in [-0.3, -0.25) is 0 Å². The van der Waals surface area contributed by atoms with Crippen LogP contribution in [0.4, 0.5) is 4.39 Å². The van der Waals surface area contributed by atoms with Crippen molar-refractivity contribution in [1.82, 2.24) is 19.5 Å². The van der Waals surface area contributed by atoms with E-state index >= 15 is 0 Å². The molecule has 0 radical (unpaired) electrons. The third-order valence-corrected chi connectivity index (χ3v) is 3.99. The molecule has 19 heavy (non-hydrogen) atoms. The maximum Gasteiger partial charge on any atom is 0.165 e. The average Bonchev–Trinajstić information content (AvgIpc) is 2.86. The molecule has 3 rings (SSSR count). The molecule has 0 unspecified atom stereocenters. The Bertz CT molecular complexity index is 632. The molecule has 6 nitrogen and oxygen atoms in total. The molecule has 0 saturated heterocycles. The van der Waals surface area contributed by atoms with E-state index in [0.29, 0.717) is 11.2 Å². The maximum atomic E-state index is 13.8. The normalized spacial score (nSPS) is 35.1. The monoisotopic (exact) mass is 286 g/mol. The molecule has 1 aliphatic carbocycles. The van der Waals surface area contributed by atoms with E-state index < -0.39 is 23.9 Å². The van der Waals surface area contributed by atoms with Gasteiger partial charge < -0.3 is 14.8 Å². The highest BCUT2D eigenvalue weighted by atomic mass is 35.5. The van der Waals surface area contributed by atoms with Crippen LogP contribution in [0, 0.1) is 0 Å². The van der Waals surface area contributed by atoms with E-state index in [1.165, 1.54) is 24.1 Å². The lowest BCUT2D eigenvalue weighted by Crippen LogP contribution is -2.42. The second kappa shape index (κ2) is 4.09.